The standard InChI is InChI=1S/C15H19FN2O/c1-11(14-5-3-4-6-15(14)16)18(2)10-13-8-7-12(9-17)19-13/h3-8,11H,9-10,17H2,1-2H3. The predicted molar refractivity (Wildman–Crippen MR) is 72.9 cm³/mol. The van der Waals surface area contributed by atoms with E-state index in [1.165, 1.54) is 6.07 Å². The van der Waals surface area contributed by atoms with Crippen molar-refractivity contribution in [3.63, 3.8) is 0 Å². The molecule has 1 heterocycles. The first-order valence-corrected chi connectivity index (χ1v) is 6.34. The summed E-state index contributed by atoms with van der Waals surface area (Å²) in [6.45, 7) is 2.99. The fourth-order valence-corrected chi connectivity index (χ4v) is 2.05. The smallest absolute Gasteiger partial charge is 0.127 e. The Morgan fingerprint density at radius 3 is 2.53 bits per heavy atom. The molecule has 4 heteroatoms. The molecular weight excluding hydrogens is 243 g/mol. The van der Waals surface area contributed by atoms with Crippen LogP contribution in [0.3, 0.4) is 0 Å². The van der Waals surface area contributed by atoms with E-state index in [1.54, 1.807) is 6.07 Å². The summed E-state index contributed by atoms with van der Waals surface area (Å²) in [5, 5.41) is 0. The van der Waals surface area contributed by atoms with E-state index in [0.717, 1.165) is 11.5 Å². The Morgan fingerprint density at radius 1 is 1.21 bits per heavy atom. The van der Waals surface area contributed by atoms with Gasteiger partial charge in [0.05, 0.1) is 13.1 Å². The number of furan rings is 1. The van der Waals surface area contributed by atoms with Crippen molar-refractivity contribution in [1.82, 2.24) is 4.90 Å². The molecule has 2 aromatic rings. The number of nitrogens with two attached hydrogens (primary N) is 1. The zero-order valence-corrected chi connectivity index (χ0v) is 11.3. The van der Waals surface area contributed by atoms with E-state index in [-0.39, 0.29) is 11.9 Å². The maximum atomic E-state index is 13.7. The second-order valence-electron chi connectivity index (χ2n) is 4.68. The monoisotopic (exact) mass is 262 g/mol. The Hall–Kier alpha value is -1.65. The molecule has 1 atom stereocenters. The third-order valence-corrected chi connectivity index (χ3v) is 3.34. The lowest BCUT2D eigenvalue weighted by molar-refractivity contribution is 0.226. The number of nitrogens with zero attached hydrogens (tertiary/aromatic N) is 1. The molecule has 0 saturated heterocycles. The van der Waals surface area contributed by atoms with Gasteiger partial charge in [-0.25, -0.2) is 4.39 Å². The van der Waals surface area contributed by atoms with E-state index in [1.807, 2.05) is 43.1 Å². The summed E-state index contributed by atoms with van der Waals surface area (Å²) < 4.78 is 19.3. The minimum absolute atomic E-state index is 0.0207. The van der Waals surface area contributed by atoms with Gasteiger partial charge in [-0.3, -0.25) is 4.90 Å². The fourth-order valence-electron chi connectivity index (χ4n) is 2.05. The van der Waals surface area contributed by atoms with Gasteiger partial charge in [-0.2, -0.15) is 0 Å². The summed E-state index contributed by atoms with van der Waals surface area (Å²) in [6, 6.07) is 10.6. The van der Waals surface area contributed by atoms with E-state index in [4.69, 9.17) is 10.2 Å². The highest BCUT2D eigenvalue weighted by Crippen LogP contribution is 2.23. The van der Waals surface area contributed by atoms with Gasteiger partial charge in [0, 0.05) is 11.6 Å². The van der Waals surface area contributed by atoms with Crippen molar-refractivity contribution in [3.8, 4) is 0 Å². The number of hydrogen-bond donors (Lipinski definition) is 1. The molecular formula is C15H19FN2O. The van der Waals surface area contributed by atoms with E-state index < -0.39 is 0 Å². The Morgan fingerprint density at radius 2 is 1.89 bits per heavy atom. The average Bonchev–Trinajstić information content (AvgIpc) is 2.86. The molecule has 0 aliphatic heterocycles. The highest BCUT2D eigenvalue weighted by molar-refractivity contribution is 5.20. The molecule has 0 aliphatic carbocycles. The van der Waals surface area contributed by atoms with Crippen LogP contribution in [0.2, 0.25) is 0 Å². The molecule has 0 radical (unpaired) electrons. The van der Waals surface area contributed by atoms with E-state index in [9.17, 15) is 4.39 Å². The fraction of sp³-hybridized carbons (Fsp3) is 0.333. The Balaban J connectivity index is 2.07. The van der Waals surface area contributed by atoms with E-state index in [0.29, 0.717) is 18.7 Å². The van der Waals surface area contributed by atoms with Crippen molar-refractivity contribution in [2.75, 3.05) is 7.05 Å². The first-order valence-electron chi connectivity index (χ1n) is 6.34. The van der Waals surface area contributed by atoms with Gasteiger partial charge in [0.25, 0.3) is 0 Å². The lowest BCUT2D eigenvalue weighted by atomic mass is 10.1. The number of benzene rings is 1. The molecule has 2 rings (SSSR count). The topological polar surface area (TPSA) is 42.4 Å². The molecule has 0 saturated carbocycles. The van der Waals surface area contributed by atoms with Crippen LogP contribution < -0.4 is 5.73 Å². The molecule has 0 spiro atoms. The molecule has 0 aliphatic rings. The van der Waals surface area contributed by atoms with Gasteiger partial charge in [-0.05, 0) is 32.2 Å². The second kappa shape index (κ2) is 5.99. The molecule has 1 aromatic heterocycles. The first kappa shape index (κ1) is 13.8. The summed E-state index contributed by atoms with van der Waals surface area (Å²) in [7, 11) is 1.95. The molecule has 0 amide bonds. The largest absolute Gasteiger partial charge is 0.463 e. The van der Waals surface area contributed by atoms with Crippen LogP contribution in [0.1, 0.15) is 30.0 Å². The first-order chi connectivity index (χ1) is 9.11. The summed E-state index contributed by atoms with van der Waals surface area (Å²) in [4.78, 5) is 2.04. The molecule has 0 bridgehead atoms. The number of rotatable bonds is 5. The van der Waals surface area contributed by atoms with Crippen molar-refractivity contribution in [3.05, 3.63) is 59.3 Å². The second-order valence-corrected chi connectivity index (χ2v) is 4.68. The van der Waals surface area contributed by atoms with Crippen molar-refractivity contribution >= 4 is 0 Å². The average molecular weight is 262 g/mol. The molecule has 19 heavy (non-hydrogen) atoms. The van der Waals surface area contributed by atoms with Crippen LogP contribution in [-0.2, 0) is 13.1 Å². The Kier molecular flexibility index (Phi) is 4.35. The van der Waals surface area contributed by atoms with Gasteiger partial charge in [-0.1, -0.05) is 18.2 Å². The molecule has 2 N–H and O–H groups in total. The minimum atomic E-state index is -0.177. The zero-order valence-electron chi connectivity index (χ0n) is 11.3. The summed E-state index contributed by atoms with van der Waals surface area (Å²) in [5.41, 5.74) is 6.20. The zero-order chi connectivity index (χ0) is 13.8. The van der Waals surface area contributed by atoms with Crippen molar-refractivity contribution in [2.45, 2.75) is 26.1 Å². The van der Waals surface area contributed by atoms with Gasteiger partial charge in [0.15, 0.2) is 0 Å². The van der Waals surface area contributed by atoms with Crippen LogP contribution in [0, 0.1) is 5.82 Å². The van der Waals surface area contributed by atoms with Crippen molar-refractivity contribution in [2.24, 2.45) is 5.73 Å². The Bertz CT molecular complexity index is 538. The summed E-state index contributed by atoms with van der Waals surface area (Å²) in [6.07, 6.45) is 0. The summed E-state index contributed by atoms with van der Waals surface area (Å²) >= 11 is 0. The quantitative estimate of drug-likeness (QED) is 0.900. The normalized spacial score (nSPS) is 12.9. The van der Waals surface area contributed by atoms with E-state index >= 15 is 0 Å². The molecule has 0 fully saturated rings. The third-order valence-electron chi connectivity index (χ3n) is 3.34. The van der Waals surface area contributed by atoms with Gasteiger partial charge >= 0.3 is 0 Å². The van der Waals surface area contributed by atoms with Gasteiger partial charge in [0.2, 0.25) is 0 Å². The molecule has 3 nitrogen and oxygen atoms in total. The van der Waals surface area contributed by atoms with Crippen LogP contribution in [-0.4, -0.2) is 11.9 Å². The van der Waals surface area contributed by atoms with Crippen LogP contribution >= 0.6 is 0 Å². The lowest BCUT2D eigenvalue weighted by Crippen LogP contribution is -2.22. The number of hydrogen-bond acceptors (Lipinski definition) is 3. The van der Waals surface area contributed by atoms with Crippen molar-refractivity contribution in [1.29, 1.82) is 0 Å². The molecule has 102 valence electrons. The van der Waals surface area contributed by atoms with Crippen LogP contribution in [0.15, 0.2) is 40.8 Å². The minimum Gasteiger partial charge on any atom is -0.463 e. The van der Waals surface area contributed by atoms with Gasteiger partial charge in [-0.15, -0.1) is 0 Å². The third kappa shape index (κ3) is 3.22. The van der Waals surface area contributed by atoms with Crippen LogP contribution in [0.5, 0.6) is 0 Å². The Labute approximate surface area is 112 Å². The SMILES string of the molecule is CC(c1ccccc1F)N(C)Cc1ccc(CN)o1. The highest BCUT2D eigenvalue weighted by atomic mass is 19.1. The maximum Gasteiger partial charge on any atom is 0.127 e. The predicted octanol–water partition coefficient (Wildman–Crippen LogP) is 3.07. The highest BCUT2D eigenvalue weighted by Gasteiger charge is 2.16. The van der Waals surface area contributed by atoms with Crippen molar-refractivity contribution < 1.29 is 8.81 Å². The molecule has 1 unspecified atom stereocenters. The van der Waals surface area contributed by atoms with Crippen LogP contribution in [0.25, 0.3) is 0 Å². The lowest BCUT2D eigenvalue weighted by Gasteiger charge is -2.24. The number of halogens is 1. The molecule has 1 aromatic carbocycles. The maximum absolute atomic E-state index is 13.7. The van der Waals surface area contributed by atoms with Gasteiger partial charge in [0.1, 0.15) is 17.3 Å². The summed E-state index contributed by atoms with van der Waals surface area (Å²) in [5.74, 6) is 1.43. The van der Waals surface area contributed by atoms with E-state index in [2.05, 4.69) is 0 Å². The van der Waals surface area contributed by atoms with Gasteiger partial charge < -0.3 is 10.2 Å². The van der Waals surface area contributed by atoms with Crippen LogP contribution in [0.4, 0.5) is 4.39 Å².